The van der Waals surface area contributed by atoms with Crippen molar-refractivity contribution in [3.63, 3.8) is 0 Å². The second-order valence-corrected chi connectivity index (χ2v) is 24.1. The van der Waals surface area contributed by atoms with Crippen molar-refractivity contribution in [2.75, 3.05) is 28.2 Å². The third kappa shape index (κ3) is 16.8. The van der Waals surface area contributed by atoms with E-state index in [0.717, 1.165) is 46.6 Å². The maximum Gasteiger partial charge on any atom is 0.00952 e. The van der Waals surface area contributed by atoms with Gasteiger partial charge in [-0.25, -0.2) is 0 Å². The summed E-state index contributed by atoms with van der Waals surface area (Å²) in [7, 11) is 9.09. The summed E-state index contributed by atoms with van der Waals surface area (Å²) in [6.07, 6.45) is 35.6. The molecule has 6 aliphatic rings. The molecule has 0 saturated heterocycles. The van der Waals surface area contributed by atoms with Gasteiger partial charge in [-0.05, 0) is 138 Å². The number of benzene rings is 2. The molecule has 0 N–H and O–H groups in total. The summed E-state index contributed by atoms with van der Waals surface area (Å²) in [6.45, 7) is 4.91. The van der Waals surface area contributed by atoms with Crippen molar-refractivity contribution in [3.8, 4) is 0 Å². The molecule has 6 fully saturated rings. The van der Waals surface area contributed by atoms with E-state index in [4.69, 9.17) is 0 Å². The van der Waals surface area contributed by atoms with Crippen LogP contribution in [0.1, 0.15) is 168 Å². The Balaban J connectivity index is 0.000000302. The molecule has 57 heavy (non-hydrogen) atoms. The molecule has 0 radical (unpaired) electrons. The fraction of sp³-hybridized carbons (Fsp3) is 0.760. The van der Waals surface area contributed by atoms with E-state index in [1.165, 1.54) is 154 Å². The molecule has 0 aromatic heterocycles. The summed E-state index contributed by atoms with van der Waals surface area (Å²) in [5, 5.41) is 3.37. The van der Waals surface area contributed by atoms with Crippen LogP contribution in [0.3, 0.4) is 0 Å². The summed E-state index contributed by atoms with van der Waals surface area (Å²) in [4.78, 5) is 4.91. The molecule has 0 aliphatic heterocycles. The first-order chi connectivity index (χ1) is 26.4. The molecular formula is C50H84Fe3N2P2. The van der Waals surface area contributed by atoms with Gasteiger partial charge >= 0.3 is 0 Å². The Kier molecular flexibility index (Phi) is 28.3. The Hall–Kier alpha value is 0.778. The van der Waals surface area contributed by atoms with E-state index >= 15 is 0 Å². The van der Waals surface area contributed by atoms with Gasteiger partial charge in [0.05, 0.1) is 0 Å². The monoisotopic (exact) mass is 942 g/mol. The first-order valence-corrected chi connectivity index (χ1v) is 26.3. The van der Waals surface area contributed by atoms with Gasteiger partial charge in [-0.2, -0.15) is 0 Å². The van der Waals surface area contributed by atoms with E-state index in [1.54, 1.807) is 10.6 Å². The molecule has 6 saturated carbocycles. The van der Waals surface area contributed by atoms with Crippen molar-refractivity contribution < 1.29 is 51.2 Å². The van der Waals surface area contributed by atoms with Crippen molar-refractivity contribution in [2.45, 2.75) is 203 Å². The van der Waals surface area contributed by atoms with Gasteiger partial charge in [0.1, 0.15) is 0 Å². The van der Waals surface area contributed by atoms with Gasteiger partial charge in [-0.3, -0.25) is 0 Å². The van der Waals surface area contributed by atoms with Gasteiger partial charge < -0.3 is 9.80 Å². The normalized spacial score (nSPS) is 26.7. The summed E-state index contributed by atoms with van der Waals surface area (Å²) in [5.41, 5.74) is 3.91. The van der Waals surface area contributed by atoms with Crippen LogP contribution in [0.4, 0.5) is 0 Å². The minimum Gasteiger partial charge on any atom is -0.306 e. The maximum atomic E-state index is 2.45. The molecule has 2 aromatic rings. The van der Waals surface area contributed by atoms with Gasteiger partial charge in [0.15, 0.2) is 0 Å². The Labute approximate surface area is 388 Å². The van der Waals surface area contributed by atoms with Crippen LogP contribution in [-0.2, 0) is 51.2 Å². The quantitative estimate of drug-likeness (QED) is 0.173. The van der Waals surface area contributed by atoms with Crippen LogP contribution in [0.5, 0.6) is 0 Å². The number of hydrogen-bond acceptors (Lipinski definition) is 2. The number of hydrogen-bond donors (Lipinski definition) is 0. The average Bonchev–Trinajstić information content (AvgIpc) is 4.05. The first-order valence-electron chi connectivity index (χ1n) is 23.4. The zero-order chi connectivity index (χ0) is 38.1. The summed E-state index contributed by atoms with van der Waals surface area (Å²) in [5.74, 6) is 1.81. The molecule has 0 spiro atoms. The molecule has 0 heterocycles. The second-order valence-electron chi connectivity index (χ2n) is 18.6. The zero-order valence-electron chi connectivity index (χ0n) is 37.2. The van der Waals surface area contributed by atoms with Gasteiger partial charge in [0, 0.05) is 63.3 Å². The SMILES string of the molecule is C1CCCC1.C1CCCC1.C[C@H](C1CCCC1P(c1ccccc1)C1CCCC1)N(C)C.C[C@H](C1CCCC1P(c1ccccc1)C1CCCC1)N(C)C.[Fe].[Fe].[Fe]. The van der Waals surface area contributed by atoms with Crippen LogP contribution in [0, 0.1) is 11.8 Å². The van der Waals surface area contributed by atoms with Crippen LogP contribution in [0.25, 0.3) is 0 Å². The fourth-order valence-electron chi connectivity index (χ4n) is 11.2. The molecule has 0 bridgehead atoms. The van der Waals surface area contributed by atoms with Crippen LogP contribution in [-0.4, -0.2) is 72.7 Å². The number of rotatable bonds is 10. The minimum absolute atomic E-state index is 0. The van der Waals surface area contributed by atoms with Crippen LogP contribution < -0.4 is 10.6 Å². The zero-order valence-corrected chi connectivity index (χ0v) is 42.3. The van der Waals surface area contributed by atoms with Gasteiger partial charge in [0.2, 0.25) is 0 Å². The fourth-order valence-corrected chi connectivity index (χ4v) is 19.3. The summed E-state index contributed by atoms with van der Waals surface area (Å²) >= 11 is 0. The van der Waals surface area contributed by atoms with E-state index in [2.05, 4.69) is 113 Å². The molecule has 6 unspecified atom stereocenters. The van der Waals surface area contributed by atoms with Gasteiger partial charge in [-0.15, -0.1) is 0 Å². The van der Waals surface area contributed by atoms with Crippen molar-refractivity contribution >= 4 is 26.5 Å². The van der Waals surface area contributed by atoms with Crippen LogP contribution >= 0.6 is 15.8 Å². The van der Waals surface area contributed by atoms with Crippen LogP contribution in [0.15, 0.2) is 60.7 Å². The molecule has 0 amide bonds. The Morgan fingerprint density at radius 1 is 0.386 bits per heavy atom. The van der Waals surface area contributed by atoms with Crippen LogP contribution in [0.2, 0.25) is 0 Å². The van der Waals surface area contributed by atoms with E-state index < -0.39 is 0 Å². The molecule has 6 aliphatic carbocycles. The van der Waals surface area contributed by atoms with E-state index in [-0.39, 0.29) is 67.0 Å². The van der Waals surface area contributed by atoms with Gasteiger partial charge in [-0.1, -0.05) is 179 Å². The second kappa shape index (κ2) is 30.0. The number of nitrogens with zero attached hydrogens (tertiary/aromatic N) is 2. The summed E-state index contributed by atoms with van der Waals surface area (Å²) in [6, 6.07) is 24.6. The Morgan fingerprint density at radius 2 is 0.667 bits per heavy atom. The van der Waals surface area contributed by atoms with E-state index in [1.807, 2.05) is 0 Å². The summed E-state index contributed by atoms with van der Waals surface area (Å²) < 4.78 is 0. The smallest absolute Gasteiger partial charge is 0.00952 e. The first kappa shape index (κ1) is 53.9. The molecule has 2 aromatic carbocycles. The maximum absolute atomic E-state index is 2.45. The third-order valence-electron chi connectivity index (χ3n) is 14.7. The predicted octanol–water partition coefficient (Wildman–Crippen LogP) is 13.6. The van der Waals surface area contributed by atoms with E-state index in [0.29, 0.717) is 0 Å². The molecule has 7 heteroatoms. The standard InChI is InChI=1S/2C20H32NP.2C5H10.3Fe/c2*1-16(21(2)3)19-14-9-15-20(19)22(18-12-7-8-13-18)17-10-5-4-6-11-17;2*1-2-4-5-3-1;;;/h2*4-6,10-11,16,18-20H,7-9,12-15H2,1-3H3;2*1-5H2;;;/t2*16-,19?,20?,22?;;;;;/m11...../s1. The van der Waals surface area contributed by atoms with Crippen molar-refractivity contribution in [1.82, 2.24) is 9.80 Å². The van der Waals surface area contributed by atoms with Crippen molar-refractivity contribution in [3.05, 3.63) is 60.7 Å². The molecule has 2 nitrogen and oxygen atoms in total. The van der Waals surface area contributed by atoms with E-state index in [9.17, 15) is 0 Å². The molecular weight excluding hydrogens is 858 g/mol. The minimum atomic E-state index is 0. The average molecular weight is 943 g/mol. The Bertz CT molecular complexity index is 1140. The molecule has 8 atom stereocenters. The Morgan fingerprint density at radius 3 is 0.930 bits per heavy atom. The topological polar surface area (TPSA) is 6.48 Å². The molecule has 328 valence electrons. The predicted molar refractivity (Wildman–Crippen MR) is 245 cm³/mol. The van der Waals surface area contributed by atoms with Gasteiger partial charge in [0.25, 0.3) is 0 Å². The largest absolute Gasteiger partial charge is 0.306 e. The van der Waals surface area contributed by atoms with Crippen molar-refractivity contribution in [1.29, 1.82) is 0 Å². The molecule has 8 rings (SSSR count). The third-order valence-corrected chi connectivity index (χ3v) is 21.8. The van der Waals surface area contributed by atoms with Crippen molar-refractivity contribution in [2.24, 2.45) is 11.8 Å².